The van der Waals surface area contributed by atoms with Crippen molar-refractivity contribution >= 4 is 24.3 Å². The third-order valence-electron chi connectivity index (χ3n) is 4.77. The third kappa shape index (κ3) is 3.40. The van der Waals surface area contributed by atoms with Crippen LogP contribution in [0.2, 0.25) is 0 Å². The van der Waals surface area contributed by atoms with Crippen LogP contribution in [-0.2, 0) is 4.57 Å². The predicted octanol–water partition coefficient (Wildman–Crippen LogP) is 4.21. The van der Waals surface area contributed by atoms with E-state index in [0.717, 1.165) is 0 Å². The van der Waals surface area contributed by atoms with Crippen LogP contribution in [0, 0.1) is 10.1 Å². The number of non-ortho nitro benzene ring substituents is 1. The number of H-pyrrole nitrogens is 1. The summed E-state index contributed by atoms with van der Waals surface area (Å²) in [6.07, 6.45) is 0.210. The minimum Gasteiger partial charge on any atom is -0.474 e. The molecule has 28 heavy (non-hydrogen) atoms. The predicted molar refractivity (Wildman–Crippen MR) is 104 cm³/mol. The van der Waals surface area contributed by atoms with Gasteiger partial charge in [-0.05, 0) is 31.0 Å². The Hall–Kier alpha value is -2.74. The van der Waals surface area contributed by atoms with Gasteiger partial charge in [0.05, 0.1) is 16.0 Å². The number of ether oxygens (including phenoxy) is 1. The third-order valence-corrected chi connectivity index (χ3v) is 6.55. The van der Waals surface area contributed by atoms with Gasteiger partial charge in [0.1, 0.15) is 11.6 Å². The summed E-state index contributed by atoms with van der Waals surface area (Å²) in [4.78, 5) is 37.8. The molecule has 0 bridgehead atoms. The van der Waals surface area contributed by atoms with Crippen molar-refractivity contribution in [2.75, 3.05) is 0 Å². The van der Waals surface area contributed by atoms with E-state index >= 15 is 0 Å². The number of nitro benzene ring substituents is 1. The normalized spacial score (nSPS) is 12.3. The van der Waals surface area contributed by atoms with Gasteiger partial charge in [0, 0.05) is 6.07 Å². The van der Waals surface area contributed by atoms with E-state index in [-0.39, 0.29) is 29.8 Å². The van der Waals surface area contributed by atoms with Crippen LogP contribution < -0.4 is 4.74 Å². The lowest BCUT2D eigenvalue weighted by molar-refractivity contribution is -0.383. The summed E-state index contributed by atoms with van der Waals surface area (Å²) in [5.74, 6) is 0.544. The maximum absolute atomic E-state index is 12.1. The number of aromatic amines is 1. The van der Waals surface area contributed by atoms with E-state index in [9.17, 15) is 24.5 Å². The molecule has 1 aromatic heterocycles. The average molecular weight is 405 g/mol. The molecule has 0 aliphatic carbocycles. The molecule has 10 heteroatoms. The zero-order valence-corrected chi connectivity index (χ0v) is 16.2. The molecule has 2 aromatic carbocycles. The van der Waals surface area contributed by atoms with Crippen molar-refractivity contribution in [1.82, 2.24) is 9.97 Å². The summed E-state index contributed by atoms with van der Waals surface area (Å²) in [5, 5.41) is 9.58. The molecule has 148 valence electrons. The Morgan fingerprint density at radius 1 is 1.18 bits per heavy atom. The Bertz CT molecular complexity index is 1070. The van der Waals surface area contributed by atoms with Crippen LogP contribution in [0.4, 0.5) is 5.69 Å². The Labute approximate surface area is 160 Å². The van der Waals surface area contributed by atoms with E-state index < -0.39 is 17.9 Å². The highest BCUT2D eigenvalue weighted by Gasteiger charge is 2.46. The summed E-state index contributed by atoms with van der Waals surface area (Å²) in [7, 11) is -4.57. The first kappa shape index (κ1) is 20.0. The van der Waals surface area contributed by atoms with E-state index in [1.165, 1.54) is 6.07 Å². The maximum atomic E-state index is 12.1. The van der Waals surface area contributed by atoms with Gasteiger partial charge < -0.3 is 19.5 Å². The maximum Gasteiger partial charge on any atom is 0.368 e. The second-order valence-corrected chi connectivity index (χ2v) is 8.21. The highest BCUT2D eigenvalue weighted by Crippen LogP contribution is 2.55. The molecule has 0 fully saturated rings. The number of benzene rings is 2. The van der Waals surface area contributed by atoms with Crippen molar-refractivity contribution in [3.8, 4) is 17.1 Å². The molecule has 9 nitrogen and oxygen atoms in total. The van der Waals surface area contributed by atoms with Crippen molar-refractivity contribution in [3.63, 3.8) is 0 Å². The number of hydrogen-bond donors (Lipinski definition) is 3. The van der Waals surface area contributed by atoms with E-state index in [1.54, 1.807) is 50.2 Å². The van der Waals surface area contributed by atoms with Crippen LogP contribution in [0.15, 0.2) is 42.5 Å². The number of imidazole rings is 1. The molecule has 0 unspecified atom stereocenters. The van der Waals surface area contributed by atoms with Crippen LogP contribution in [0.25, 0.3) is 22.4 Å². The molecule has 3 aromatic rings. The lowest BCUT2D eigenvalue weighted by atomic mass is 10.1. The van der Waals surface area contributed by atoms with Gasteiger partial charge in [0.2, 0.25) is 5.34 Å². The molecule has 0 radical (unpaired) electrons. The molecule has 0 spiro atoms. The number of nitro groups is 1. The van der Waals surface area contributed by atoms with E-state index in [2.05, 4.69) is 9.97 Å². The van der Waals surface area contributed by atoms with Crippen molar-refractivity contribution in [3.05, 3.63) is 52.6 Å². The first-order valence-electron chi connectivity index (χ1n) is 8.69. The van der Waals surface area contributed by atoms with Crippen molar-refractivity contribution in [2.24, 2.45) is 0 Å². The number of fused-ring (bicyclic) bond motifs is 1. The highest BCUT2D eigenvalue weighted by molar-refractivity contribution is 7.53. The van der Waals surface area contributed by atoms with Crippen LogP contribution in [0.5, 0.6) is 5.75 Å². The number of rotatable bonds is 7. The summed E-state index contributed by atoms with van der Waals surface area (Å²) in [6.45, 7) is 3.30. The second kappa shape index (κ2) is 7.35. The monoisotopic (exact) mass is 405 g/mol. The molecule has 0 amide bonds. The summed E-state index contributed by atoms with van der Waals surface area (Å²) in [5.41, 5.74) is 0.994. The molecule has 1 heterocycles. The van der Waals surface area contributed by atoms with Gasteiger partial charge in [-0.15, -0.1) is 0 Å². The molecule has 0 aliphatic rings. The topological polar surface area (TPSA) is 139 Å². The van der Waals surface area contributed by atoms with Gasteiger partial charge in [-0.1, -0.05) is 32.0 Å². The molecule has 0 atom stereocenters. The largest absolute Gasteiger partial charge is 0.474 e. The van der Waals surface area contributed by atoms with Crippen LogP contribution in [0.3, 0.4) is 0 Å². The number of nitrogens with zero attached hydrogens (tertiary/aromatic N) is 2. The SMILES string of the molecule is CCC(CC)(Oc1ccccc1-c1nc2c([N+](=O)[O-])cccc2[nH]1)P(=O)(O)O. The fourth-order valence-electron chi connectivity index (χ4n) is 3.11. The Balaban J connectivity index is 2.13. The van der Waals surface area contributed by atoms with Crippen LogP contribution in [0.1, 0.15) is 26.7 Å². The first-order valence-corrected chi connectivity index (χ1v) is 10.3. The minimum atomic E-state index is -4.57. The Kier molecular flexibility index (Phi) is 5.25. The van der Waals surface area contributed by atoms with E-state index in [1.807, 2.05) is 0 Å². The van der Waals surface area contributed by atoms with Gasteiger partial charge in [0.25, 0.3) is 5.69 Å². The number of aromatic nitrogens is 2. The lowest BCUT2D eigenvalue weighted by Gasteiger charge is -2.33. The van der Waals surface area contributed by atoms with Gasteiger partial charge in [-0.2, -0.15) is 0 Å². The molecule has 0 aliphatic heterocycles. The van der Waals surface area contributed by atoms with Gasteiger partial charge in [-0.25, -0.2) is 4.98 Å². The molecular weight excluding hydrogens is 385 g/mol. The quantitative estimate of drug-likeness (QED) is 0.304. The van der Waals surface area contributed by atoms with Gasteiger partial charge in [-0.3, -0.25) is 14.7 Å². The number of hydrogen-bond acceptors (Lipinski definition) is 5. The Morgan fingerprint density at radius 2 is 1.86 bits per heavy atom. The molecule has 0 saturated carbocycles. The molecule has 3 rings (SSSR count). The van der Waals surface area contributed by atoms with Crippen molar-refractivity contribution in [2.45, 2.75) is 32.0 Å². The molecular formula is C18H20N3O6P. The first-order chi connectivity index (χ1) is 13.2. The fraction of sp³-hybridized carbons (Fsp3) is 0.278. The Morgan fingerprint density at radius 3 is 2.46 bits per heavy atom. The molecule has 0 saturated heterocycles. The van der Waals surface area contributed by atoms with Crippen LogP contribution in [-0.4, -0.2) is 30.0 Å². The number of para-hydroxylation sites is 2. The average Bonchev–Trinajstić information content (AvgIpc) is 3.09. The lowest BCUT2D eigenvalue weighted by Crippen LogP contribution is -2.34. The zero-order chi connectivity index (χ0) is 20.5. The number of nitrogens with one attached hydrogen (secondary N) is 1. The minimum absolute atomic E-state index is 0.105. The van der Waals surface area contributed by atoms with Gasteiger partial charge >= 0.3 is 7.60 Å². The zero-order valence-electron chi connectivity index (χ0n) is 15.3. The smallest absolute Gasteiger partial charge is 0.368 e. The molecule has 3 N–H and O–H groups in total. The summed E-state index contributed by atoms with van der Waals surface area (Å²) >= 11 is 0. The van der Waals surface area contributed by atoms with Crippen LogP contribution >= 0.6 is 7.60 Å². The van der Waals surface area contributed by atoms with E-state index in [0.29, 0.717) is 16.9 Å². The summed E-state index contributed by atoms with van der Waals surface area (Å²) < 4.78 is 18.0. The van der Waals surface area contributed by atoms with E-state index in [4.69, 9.17) is 4.74 Å². The second-order valence-electron chi connectivity index (χ2n) is 6.31. The highest BCUT2D eigenvalue weighted by atomic mass is 31.2. The van der Waals surface area contributed by atoms with Crippen molar-refractivity contribution in [1.29, 1.82) is 0 Å². The van der Waals surface area contributed by atoms with Gasteiger partial charge in [0.15, 0.2) is 5.52 Å². The summed E-state index contributed by atoms with van der Waals surface area (Å²) in [6, 6.07) is 11.3. The van der Waals surface area contributed by atoms with Crippen molar-refractivity contribution < 1.29 is 24.0 Å². The fourth-order valence-corrected chi connectivity index (χ4v) is 4.15. The standard InChI is InChI=1S/C18H20N3O6P/c1-3-18(4-2,28(24,25)26)27-15-11-6-5-8-12(15)17-19-13-9-7-10-14(21(22)23)16(13)20-17/h5-11H,3-4H2,1-2H3,(H,19,20)(H2,24,25,26).